The van der Waals surface area contributed by atoms with E-state index in [1.807, 2.05) is 0 Å². The van der Waals surface area contributed by atoms with Gasteiger partial charge < -0.3 is 9.13 Å². The maximum atomic E-state index is 2.40. The van der Waals surface area contributed by atoms with Crippen molar-refractivity contribution in [2.75, 3.05) is 0 Å². The Labute approximate surface area is 255 Å². The van der Waals surface area contributed by atoms with Gasteiger partial charge in [0.1, 0.15) is 0 Å². The number of hydrogen-bond acceptors (Lipinski definition) is 0. The predicted molar refractivity (Wildman–Crippen MR) is 186 cm³/mol. The summed E-state index contributed by atoms with van der Waals surface area (Å²) in [4.78, 5) is 0. The van der Waals surface area contributed by atoms with Gasteiger partial charge in [0.15, 0.2) is 0 Å². The van der Waals surface area contributed by atoms with E-state index in [9.17, 15) is 0 Å². The van der Waals surface area contributed by atoms with Crippen molar-refractivity contribution in [3.63, 3.8) is 0 Å². The molecule has 9 aromatic rings. The summed E-state index contributed by atoms with van der Waals surface area (Å²) in [6.07, 6.45) is 0. The van der Waals surface area contributed by atoms with Crippen LogP contribution in [0, 0.1) is 0 Å². The van der Waals surface area contributed by atoms with Crippen LogP contribution < -0.4 is 0 Å². The number of para-hydroxylation sites is 3. The molecule has 0 fully saturated rings. The van der Waals surface area contributed by atoms with Crippen LogP contribution in [0.4, 0.5) is 0 Å². The second-order valence-electron chi connectivity index (χ2n) is 11.4. The predicted octanol–water partition coefficient (Wildman–Crippen LogP) is 11.2. The number of benzene rings is 7. The number of aromatic nitrogens is 2. The SMILES string of the molecule is c1ccc(-c2cccc(-n3c4ccccc4c4cc(-c5ccc6c(c5)c5ccccc5n6-c5ccccc5)ccc43)c2)cc1. The molecule has 0 spiro atoms. The molecule has 0 radical (unpaired) electrons. The first-order valence-electron chi connectivity index (χ1n) is 15.1. The van der Waals surface area contributed by atoms with E-state index in [0.29, 0.717) is 0 Å². The molecule has 0 bridgehead atoms. The lowest BCUT2D eigenvalue weighted by Gasteiger charge is -2.11. The third-order valence-electron chi connectivity index (χ3n) is 8.90. The van der Waals surface area contributed by atoms with Crippen molar-refractivity contribution in [2.24, 2.45) is 0 Å². The summed E-state index contributed by atoms with van der Waals surface area (Å²) in [5, 5.41) is 5.05. The van der Waals surface area contributed by atoms with Crippen molar-refractivity contribution < 1.29 is 0 Å². The minimum Gasteiger partial charge on any atom is -0.309 e. The van der Waals surface area contributed by atoms with Crippen molar-refractivity contribution >= 4 is 43.6 Å². The first kappa shape index (κ1) is 24.7. The first-order chi connectivity index (χ1) is 21.8. The fourth-order valence-electron chi connectivity index (χ4n) is 6.89. The lowest BCUT2D eigenvalue weighted by Crippen LogP contribution is -1.94. The fraction of sp³-hybridized carbons (Fsp3) is 0. The van der Waals surface area contributed by atoms with Gasteiger partial charge in [0.2, 0.25) is 0 Å². The summed E-state index contributed by atoms with van der Waals surface area (Å²) >= 11 is 0. The van der Waals surface area contributed by atoms with Gasteiger partial charge in [-0.05, 0) is 82.9 Å². The van der Waals surface area contributed by atoms with Gasteiger partial charge in [0.25, 0.3) is 0 Å². The van der Waals surface area contributed by atoms with E-state index >= 15 is 0 Å². The van der Waals surface area contributed by atoms with Gasteiger partial charge in [-0.15, -0.1) is 0 Å². The highest BCUT2D eigenvalue weighted by Gasteiger charge is 2.16. The molecule has 44 heavy (non-hydrogen) atoms. The summed E-state index contributed by atoms with van der Waals surface area (Å²) in [5.41, 5.74) is 12.1. The van der Waals surface area contributed by atoms with Crippen LogP contribution in [0.15, 0.2) is 170 Å². The Morgan fingerprint density at radius 3 is 1.30 bits per heavy atom. The van der Waals surface area contributed by atoms with Crippen LogP contribution in [-0.4, -0.2) is 9.13 Å². The molecule has 0 atom stereocenters. The van der Waals surface area contributed by atoms with E-state index in [1.54, 1.807) is 0 Å². The molecular weight excluding hydrogens is 532 g/mol. The average molecular weight is 561 g/mol. The standard InChI is InChI=1S/C42H28N2/c1-3-12-29(13-4-1)30-14-11-17-34(26-30)44-40-21-10-8-19-36(40)38-28-32(23-25-42(38)44)31-22-24-41-37(27-31)35-18-7-9-20-39(35)43(41)33-15-5-2-6-16-33/h1-28H. The molecule has 0 amide bonds. The topological polar surface area (TPSA) is 9.86 Å². The lowest BCUT2D eigenvalue weighted by atomic mass is 10.0. The smallest absolute Gasteiger partial charge is 0.0541 e. The Bertz CT molecular complexity index is 2480. The van der Waals surface area contributed by atoms with E-state index in [4.69, 9.17) is 0 Å². The molecule has 206 valence electrons. The van der Waals surface area contributed by atoms with Crippen molar-refractivity contribution in [1.82, 2.24) is 9.13 Å². The van der Waals surface area contributed by atoms with E-state index in [-0.39, 0.29) is 0 Å². The van der Waals surface area contributed by atoms with E-state index in [1.165, 1.54) is 77.2 Å². The number of rotatable bonds is 4. The Balaban J connectivity index is 1.23. The highest BCUT2D eigenvalue weighted by molar-refractivity contribution is 6.12. The third kappa shape index (κ3) is 3.82. The minimum absolute atomic E-state index is 1.17. The second-order valence-corrected chi connectivity index (χ2v) is 11.4. The summed E-state index contributed by atoms with van der Waals surface area (Å²) in [6.45, 7) is 0. The first-order valence-corrected chi connectivity index (χ1v) is 15.1. The molecule has 2 heterocycles. The zero-order valence-electron chi connectivity index (χ0n) is 24.1. The number of fused-ring (bicyclic) bond motifs is 6. The molecular formula is C42H28N2. The fourth-order valence-corrected chi connectivity index (χ4v) is 6.89. The molecule has 2 nitrogen and oxygen atoms in total. The molecule has 0 unspecified atom stereocenters. The van der Waals surface area contributed by atoms with Crippen LogP contribution in [0.25, 0.3) is 77.2 Å². The van der Waals surface area contributed by atoms with Crippen LogP contribution in [0.1, 0.15) is 0 Å². The van der Waals surface area contributed by atoms with Crippen LogP contribution in [0.5, 0.6) is 0 Å². The van der Waals surface area contributed by atoms with Gasteiger partial charge in [-0.3, -0.25) is 0 Å². The van der Waals surface area contributed by atoms with Crippen LogP contribution >= 0.6 is 0 Å². The molecule has 0 aliphatic rings. The molecule has 2 aromatic heterocycles. The molecule has 0 saturated carbocycles. The maximum absolute atomic E-state index is 2.40. The van der Waals surface area contributed by atoms with E-state index in [0.717, 1.165) is 0 Å². The molecule has 0 aliphatic carbocycles. The maximum Gasteiger partial charge on any atom is 0.0541 e. The summed E-state index contributed by atoms with van der Waals surface area (Å²) in [6, 6.07) is 61.4. The monoisotopic (exact) mass is 560 g/mol. The van der Waals surface area contributed by atoms with Crippen LogP contribution in [-0.2, 0) is 0 Å². The molecule has 2 heteroatoms. The highest BCUT2D eigenvalue weighted by Crippen LogP contribution is 2.38. The summed E-state index contributed by atoms with van der Waals surface area (Å²) in [7, 11) is 0. The Kier molecular flexibility index (Phi) is 5.54. The minimum atomic E-state index is 1.17. The van der Waals surface area contributed by atoms with Gasteiger partial charge in [0, 0.05) is 32.9 Å². The summed E-state index contributed by atoms with van der Waals surface area (Å²) < 4.78 is 4.77. The van der Waals surface area contributed by atoms with Gasteiger partial charge in [0.05, 0.1) is 22.1 Å². The third-order valence-corrected chi connectivity index (χ3v) is 8.90. The molecule has 9 rings (SSSR count). The van der Waals surface area contributed by atoms with Crippen molar-refractivity contribution in [3.8, 4) is 33.6 Å². The Hall–Kier alpha value is -5.86. The van der Waals surface area contributed by atoms with Gasteiger partial charge >= 0.3 is 0 Å². The quantitative estimate of drug-likeness (QED) is 0.203. The lowest BCUT2D eigenvalue weighted by molar-refractivity contribution is 1.18. The number of hydrogen-bond donors (Lipinski definition) is 0. The Morgan fingerprint density at radius 2 is 0.682 bits per heavy atom. The van der Waals surface area contributed by atoms with Crippen LogP contribution in [0.2, 0.25) is 0 Å². The van der Waals surface area contributed by atoms with Gasteiger partial charge in [-0.2, -0.15) is 0 Å². The zero-order valence-corrected chi connectivity index (χ0v) is 24.1. The van der Waals surface area contributed by atoms with E-state index < -0.39 is 0 Å². The van der Waals surface area contributed by atoms with E-state index in [2.05, 4.69) is 179 Å². The normalized spacial score (nSPS) is 11.6. The molecule has 0 aliphatic heterocycles. The van der Waals surface area contributed by atoms with Crippen molar-refractivity contribution in [1.29, 1.82) is 0 Å². The van der Waals surface area contributed by atoms with Crippen LogP contribution in [0.3, 0.4) is 0 Å². The summed E-state index contributed by atoms with van der Waals surface area (Å²) in [5.74, 6) is 0. The Morgan fingerprint density at radius 1 is 0.250 bits per heavy atom. The highest BCUT2D eigenvalue weighted by atomic mass is 15.0. The zero-order chi connectivity index (χ0) is 29.0. The van der Waals surface area contributed by atoms with Gasteiger partial charge in [-0.25, -0.2) is 0 Å². The average Bonchev–Trinajstić information content (AvgIpc) is 3.61. The van der Waals surface area contributed by atoms with Crippen molar-refractivity contribution in [3.05, 3.63) is 170 Å². The molecule has 7 aromatic carbocycles. The van der Waals surface area contributed by atoms with Gasteiger partial charge in [-0.1, -0.05) is 109 Å². The largest absolute Gasteiger partial charge is 0.309 e. The molecule has 0 saturated heterocycles. The molecule has 0 N–H and O–H groups in total. The second kappa shape index (κ2) is 9.86. The van der Waals surface area contributed by atoms with Crippen molar-refractivity contribution in [2.45, 2.75) is 0 Å². The number of nitrogens with zero attached hydrogens (tertiary/aromatic N) is 2.